The first-order chi connectivity index (χ1) is 16.7. The highest BCUT2D eigenvalue weighted by molar-refractivity contribution is 6.30. The van der Waals surface area contributed by atoms with E-state index in [0.717, 1.165) is 36.9 Å². The molecule has 3 aromatic carbocycles. The van der Waals surface area contributed by atoms with Crippen LogP contribution in [-0.4, -0.2) is 37.2 Å². The van der Waals surface area contributed by atoms with E-state index in [0.29, 0.717) is 17.1 Å². The minimum absolute atomic E-state index is 0.400. The summed E-state index contributed by atoms with van der Waals surface area (Å²) >= 11 is 5.93. The molecule has 0 aliphatic carbocycles. The molecule has 3 aromatic rings. The Labute approximate surface area is 208 Å². The molecule has 1 N–H and O–H groups in total. The molecule has 1 saturated heterocycles. The predicted octanol–water partition coefficient (Wildman–Crippen LogP) is 7.11. The summed E-state index contributed by atoms with van der Waals surface area (Å²) in [6.45, 7) is 6.34. The molecular formula is C29H35ClN2O2. The second-order valence-electron chi connectivity index (χ2n) is 8.96. The largest absolute Gasteiger partial charge is 0.492 e. The smallest absolute Gasteiger partial charge is 0.127 e. The molecule has 0 radical (unpaired) electrons. The molecule has 1 fully saturated rings. The van der Waals surface area contributed by atoms with Crippen molar-refractivity contribution in [1.29, 1.82) is 0 Å². The highest BCUT2D eigenvalue weighted by atomic mass is 35.5. The van der Waals surface area contributed by atoms with Crippen LogP contribution in [-0.2, 0) is 0 Å². The summed E-state index contributed by atoms with van der Waals surface area (Å²) in [5.74, 6) is 2.44. The number of rotatable bonds is 12. The van der Waals surface area contributed by atoms with Gasteiger partial charge >= 0.3 is 0 Å². The van der Waals surface area contributed by atoms with Crippen molar-refractivity contribution < 1.29 is 9.47 Å². The molecule has 4 nitrogen and oxygen atoms in total. The van der Waals surface area contributed by atoms with E-state index in [-0.39, 0.29) is 0 Å². The van der Waals surface area contributed by atoms with Gasteiger partial charge < -0.3 is 14.8 Å². The van der Waals surface area contributed by atoms with Crippen LogP contribution >= 0.6 is 11.6 Å². The molecule has 1 aliphatic rings. The van der Waals surface area contributed by atoms with Gasteiger partial charge in [0.05, 0.1) is 0 Å². The van der Waals surface area contributed by atoms with Gasteiger partial charge in [0.25, 0.3) is 0 Å². The van der Waals surface area contributed by atoms with Gasteiger partial charge in [0, 0.05) is 17.1 Å². The summed E-state index contributed by atoms with van der Waals surface area (Å²) in [6.07, 6.45) is 4.87. The van der Waals surface area contributed by atoms with E-state index in [1.54, 1.807) is 0 Å². The Balaban J connectivity index is 1.14. The van der Waals surface area contributed by atoms with Gasteiger partial charge in [-0.15, -0.1) is 0 Å². The lowest BCUT2D eigenvalue weighted by atomic mass is 10.1. The highest BCUT2D eigenvalue weighted by Gasteiger charge is 2.24. The van der Waals surface area contributed by atoms with E-state index < -0.39 is 0 Å². The molecule has 4 rings (SSSR count). The zero-order valence-electron chi connectivity index (χ0n) is 20.0. The summed E-state index contributed by atoms with van der Waals surface area (Å²) in [6, 6.07) is 26.8. The van der Waals surface area contributed by atoms with E-state index in [2.05, 4.69) is 47.5 Å². The number of hydrogen-bond donors (Lipinski definition) is 1. The van der Waals surface area contributed by atoms with Crippen molar-refractivity contribution in [3.05, 3.63) is 89.4 Å². The summed E-state index contributed by atoms with van der Waals surface area (Å²) < 4.78 is 12.0. The lowest BCUT2D eigenvalue weighted by molar-refractivity contribution is 0.170. The van der Waals surface area contributed by atoms with E-state index >= 15 is 0 Å². The number of unbranched alkanes of at least 4 members (excludes halogenated alkanes) is 1. The summed E-state index contributed by atoms with van der Waals surface area (Å²) in [7, 11) is 0. The van der Waals surface area contributed by atoms with Crippen molar-refractivity contribution in [2.24, 2.45) is 0 Å². The summed E-state index contributed by atoms with van der Waals surface area (Å²) in [5, 5.41) is 4.35. The third-order valence-electron chi connectivity index (χ3n) is 6.44. The molecule has 0 spiro atoms. The normalized spacial score (nSPS) is 16.9. The number of nitrogens with one attached hydrogen (secondary N) is 1. The number of ether oxygens (including phenoxy) is 2. The van der Waals surface area contributed by atoms with Crippen molar-refractivity contribution in [3.8, 4) is 17.2 Å². The second-order valence-corrected chi connectivity index (χ2v) is 9.40. The first kappa shape index (κ1) is 24.6. The summed E-state index contributed by atoms with van der Waals surface area (Å²) in [5.41, 5.74) is 1.35. The first-order valence-corrected chi connectivity index (χ1v) is 12.7. The van der Waals surface area contributed by atoms with E-state index in [4.69, 9.17) is 21.1 Å². The predicted molar refractivity (Wildman–Crippen MR) is 140 cm³/mol. The van der Waals surface area contributed by atoms with E-state index in [1.807, 2.05) is 48.5 Å². The van der Waals surface area contributed by atoms with Crippen LogP contribution in [0.5, 0.6) is 17.2 Å². The lowest BCUT2D eigenvalue weighted by Gasteiger charge is -2.24. The fourth-order valence-corrected chi connectivity index (χ4v) is 4.56. The SMILES string of the molecule is C[C@@H](NCCCCN1CCC[C@@H]1COc1ccc(Oc2ccc(Cl)cc2)cc1)c1ccccc1. The Morgan fingerprint density at radius 1 is 0.912 bits per heavy atom. The molecule has 0 saturated carbocycles. The number of likely N-dealkylation sites (tertiary alicyclic amines) is 1. The first-order valence-electron chi connectivity index (χ1n) is 12.4. The third kappa shape index (κ3) is 7.49. The highest BCUT2D eigenvalue weighted by Crippen LogP contribution is 2.26. The van der Waals surface area contributed by atoms with E-state index in [9.17, 15) is 0 Å². The van der Waals surface area contributed by atoms with Crippen molar-refractivity contribution in [2.45, 2.75) is 44.7 Å². The van der Waals surface area contributed by atoms with Gasteiger partial charge in [0.1, 0.15) is 23.9 Å². The van der Waals surface area contributed by atoms with E-state index in [1.165, 1.54) is 37.8 Å². The van der Waals surface area contributed by atoms with Crippen LogP contribution < -0.4 is 14.8 Å². The number of benzene rings is 3. The molecule has 0 unspecified atom stereocenters. The Hall–Kier alpha value is -2.53. The average molecular weight is 479 g/mol. The van der Waals surface area contributed by atoms with Crippen LogP contribution in [0.1, 0.15) is 44.2 Å². The van der Waals surface area contributed by atoms with Crippen LogP contribution in [0, 0.1) is 0 Å². The average Bonchev–Trinajstić information content (AvgIpc) is 3.32. The quantitative estimate of drug-likeness (QED) is 0.281. The summed E-state index contributed by atoms with van der Waals surface area (Å²) in [4.78, 5) is 2.60. The Morgan fingerprint density at radius 2 is 1.59 bits per heavy atom. The number of halogens is 1. The van der Waals surface area contributed by atoms with Gasteiger partial charge in [-0.1, -0.05) is 41.9 Å². The molecule has 2 atom stereocenters. The van der Waals surface area contributed by atoms with Gasteiger partial charge in [-0.25, -0.2) is 0 Å². The molecular weight excluding hydrogens is 444 g/mol. The third-order valence-corrected chi connectivity index (χ3v) is 6.69. The maximum Gasteiger partial charge on any atom is 0.127 e. The van der Waals surface area contributed by atoms with Crippen LogP contribution in [0.3, 0.4) is 0 Å². The van der Waals surface area contributed by atoms with Crippen LogP contribution in [0.2, 0.25) is 5.02 Å². The minimum atomic E-state index is 0.400. The Kier molecular flexibility index (Phi) is 9.26. The Bertz CT molecular complexity index is 979. The van der Waals surface area contributed by atoms with Gasteiger partial charge in [-0.05, 0) is 106 Å². The fourth-order valence-electron chi connectivity index (χ4n) is 4.43. The lowest BCUT2D eigenvalue weighted by Crippen LogP contribution is -2.35. The number of hydrogen-bond acceptors (Lipinski definition) is 4. The molecule has 1 aliphatic heterocycles. The second kappa shape index (κ2) is 12.8. The maximum atomic E-state index is 6.12. The van der Waals surface area contributed by atoms with Gasteiger partial charge in [0.2, 0.25) is 0 Å². The minimum Gasteiger partial charge on any atom is -0.492 e. The van der Waals surface area contributed by atoms with Crippen LogP contribution in [0.4, 0.5) is 0 Å². The van der Waals surface area contributed by atoms with Crippen molar-refractivity contribution in [2.75, 3.05) is 26.2 Å². The molecule has 1 heterocycles. The van der Waals surface area contributed by atoms with Gasteiger partial charge in [-0.3, -0.25) is 4.90 Å². The van der Waals surface area contributed by atoms with Crippen molar-refractivity contribution in [1.82, 2.24) is 10.2 Å². The molecule has 0 aromatic heterocycles. The topological polar surface area (TPSA) is 33.7 Å². The zero-order valence-corrected chi connectivity index (χ0v) is 20.7. The van der Waals surface area contributed by atoms with Crippen LogP contribution in [0.25, 0.3) is 0 Å². The Morgan fingerprint density at radius 3 is 2.32 bits per heavy atom. The molecule has 0 amide bonds. The standard InChI is InChI=1S/C29H35ClN2O2/c1-23(24-8-3-2-4-9-24)31-19-5-6-20-32-21-7-10-26(32)22-33-27-15-17-29(18-16-27)34-28-13-11-25(30)12-14-28/h2-4,8-9,11-18,23,26,31H,5-7,10,19-22H2,1H3/t23-,26-/m1/s1. The molecule has 5 heteroatoms. The van der Waals surface area contributed by atoms with Gasteiger partial charge in [0.15, 0.2) is 0 Å². The van der Waals surface area contributed by atoms with Crippen molar-refractivity contribution >= 4 is 11.6 Å². The zero-order chi connectivity index (χ0) is 23.6. The maximum absolute atomic E-state index is 6.12. The van der Waals surface area contributed by atoms with Gasteiger partial charge in [-0.2, -0.15) is 0 Å². The number of nitrogens with zero attached hydrogens (tertiary/aromatic N) is 1. The molecule has 0 bridgehead atoms. The molecule has 34 heavy (non-hydrogen) atoms. The van der Waals surface area contributed by atoms with Crippen molar-refractivity contribution in [3.63, 3.8) is 0 Å². The monoisotopic (exact) mass is 478 g/mol. The molecule has 180 valence electrons. The fraction of sp³-hybridized carbons (Fsp3) is 0.379. The van der Waals surface area contributed by atoms with Crippen LogP contribution in [0.15, 0.2) is 78.9 Å².